The van der Waals surface area contributed by atoms with Gasteiger partial charge in [-0.2, -0.15) is 13.2 Å². The fourth-order valence-electron chi connectivity index (χ4n) is 0.912. The molecule has 2 N–H and O–H groups in total. The predicted octanol–water partition coefficient (Wildman–Crippen LogP) is 0.976. The highest BCUT2D eigenvalue weighted by Crippen LogP contribution is 2.33. The average Bonchev–Trinajstić information content (AvgIpc) is 2.65. The number of nitrogens with zero attached hydrogens (tertiary/aromatic N) is 2. The molecule has 1 aromatic heterocycles. The van der Waals surface area contributed by atoms with E-state index in [9.17, 15) is 13.2 Å². The lowest BCUT2D eigenvalue weighted by atomic mass is 10.3. The largest absolute Gasteiger partial charge is 0.445 e. The summed E-state index contributed by atoms with van der Waals surface area (Å²) in [7, 11) is 1.42. The van der Waals surface area contributed by atoms with E-state index in [4.69, 9.17) is 9.84 Å². The molecule has 9 heteroatoms. The molecule has 16 heavy (non-hydrogen) atoms. The van der Waals surface area contributed by atoms with Crippen LogP contribution in [0.3, 0.4) is 0 Å². The molecule has 1 heterocycles. The number of aromatic nitrogens is 2. The summed E-state index contributed by atoms with van der Waals surface area (Å²) < 4.78 is 41.3. The van der Waals surface area contributed by atoms with Crippen molar-refractivity contribution >= 4 is 16.5 Å². The number of hydrogen-bond acceptors (Lipinski definition) is 6. The molecule has 0 aliphatic carbocycles. The Labute approximate surface area is 93.3 Å². The summed E-state index contributed by atoms with van der Waals surface area (Å²) in [5.74, 6) is 0. The van der Waals surface area contributed by atoms with Crippen molar-refractivity contribution in [2.75, 3.05) is 25.6 Å². The number of aliphatic hydroxyl groups is 1. The number of hydrogen-bond donors (Lipinski definition) is 2. The van der Waals surface area contributed by atoms with E-state index in [2.05, 4.69) is 15.5 Å². The van der Waals surface area contributed by atoms with Gasteiger partial charge in [0.25, 0.3) is 0 Å². The highest BCUT2D eigenvalue weighted by atomic mass is 32.1. The Balaban J connectivity index is 2.64. The molecule has 0 spiro atoms. The first-order valence-electron chi connectivity index (χ1n) is 4.24. The van der Waals surface area contributed by atoms with E-state index in [0.717, 1.165) is 0 Å². The molecular formula is C7H10F3N3O2S. The van der Waals surface area contributed by atoms with Gasteiger partial charge >= 0.3 is 6.18 Å². The Morgan fingerprint density at radius 2 is 2.19 bits per heavy atom. The van der Waals surface area contributed by atoms with Gasteiger partial charge in [-0.25, -0.2) is 0 Å². The fraction of sp³-hybridized carbons (Fsp3) is 0.714. The number of nitrogens with one attached hydrogen (secondary N) is 1. The van der Waals surface area contributed by atoms with Gasteiger partial charge in [0.2, 0.25) is 10.1 Å². The molecule has 0 saturated heterocycles. The monoisotopic (exact) mass is 257 g/mol. The van der Waals surface area contributed by atoms with Crippen LogP contribution in [0.2, 0.25) is 0 Å². The van der Waals surface area contributed by atoms with Crippen LogP contribution in [0.1, 0.15) is 5.01 Å². The van der Waals surface area contributed by atoms with Crippen LogP contribution in [-0.2, 0) is 10.9 Å². The molecule has 1 atom stereocenters. The molecule has 0 aliphatic rings. The molecule has 0 fully saturated rings. The lowest BCUT2D eigenvalue weighted by molar-refractivity contribution is -0.138. The van der Waals surface area contributed by atoms with Crippen LogP contribution >= 0.6 is 11.3 Å². The van der Waals surface area contributed by atoms with Gasteiger partial charge in [0.1, 0.15) is 0 Å². The maximum Gasteiger partial charge on any atom is 0.445 e. The number of methoxy groups -OCH3 is 1. The van der Waals surface area contributed by atoms with Crippen molar-refractivity contribution in [1.82, 2.24) is 10.2 Å². The second kappa shape index (κ2) is 5.41. The van der Waals surface area contributed by atoms with E-state index in [1.807, 2.05) is 0 Å². The van der Waals surface area contributed by atoms with Crippen molar-refractivity contribution in [1.29, 1.82) is 0 Å². The summed E-state index contributed by atoms with van der Waals surface area (Å²) in [6.07, 6.45) is -4.49. The first-order chi connectivity index (χ1) is 7.47. The van der Waals surface area contributed by atoms with Gasteiger partial charge in [-0.3, -0.25) is 0 Å². The first kappa shape index (κ1) is 13.1. The van der Waals surface area contributed by atoms with Crippen molar-refractivity contribution in [3.05, 3.63) is 5.01 Å². The number of anilines is 1. The Morgan fingerprint density at radius 1 is 1.50 bits per heavy atom. The lowest BCUT2D eigenvalue weighted by Crippen LogP contribution is -2.28. The second-order valence-electron chi connectivity index (χ2n) is 2.89. The zero-order chi connectivity index (χ0) is 12.2. The van der Waals surface area contributed by atoms with Gasteiger partial charge in [0, 0.05) is 7.11 Å². The third kappa shape index (κ3) is 3.58. The predicted molar refractivity (Wildman–Crippen MR) is 51.3 cm³/mol. The van der Waals surface area contributed by atoms with Crippen LogP contribution < -0.4 is 5.32 Å². The quantitative estimate of drug-likeness (QED) is 0.823. The number of rotatable bonds is 5. The molecule has 5 nitrogen and oxygen atoms in total. The van der Waals surface area contributed by atoms with E-state index in [0.29, 0.717) is 11.3 Å². The molecular weight excluding hydrogens is 247 g/mol. The van der Waals surface area contributed by atoms with Crippen LogP contribution in [0.5, 0.6) is 0 Å². The molecule has 0 amide bonds. The Bertz CT molecular complexity index is 331. The third-order valence-corrected chi connectivity index (χ3v) is 2.48. The van der Waals surface area contributed by atoms with Crippen molar-refractivity contribution in [3.63, 3.8) is 0 Å². The molecule has 0 saturated carbocycles. The molecule has 92 valence electrons. The Morgan fingerprint density at radius 3 is 2.62 bits per heavy atom. The Kier molecular flexibility index (Phi) is 4.44. The molecule has 1 rings (SSSR count). The van der Waals surface area contributed by atoms with Crippen molar-refractivity contribution in [3.8, 4) is 0 Å². The van der Waals surface area contributed by atoms with Crippen molar-refractivity contribution in [2.24, 2.45) is 0 Å². The summed E-state index contributed by atoms with van der Waals surface area (Å²) in [5, 5.41) is 16.8. The van der Waals surface area contributed by atoms with E-state index in [1.54, 1.807) is 0 Å². The average molecular weight is 257 g/mol. The van der Waals surface area contributed by atoms with Crippen LogP contribution in [0.15, 0.2) is 0 Å². The summed E-state index contributed by atoms with van der Waals surface area (Å²) in [4.78, 5) is 0. The first-order valence-corrected chi connectivity index (χ1v) is 5.06. The third-order valence-electron chi connectivity index (χ3n) is 1.58. The van der Waals surface area contributed by atoms with Gasteiger partial charge in [-0.1, -0.05) is 11.3 Å². The minimum Gasteiger partial charge on any atom is -0.394 e. The van der Waals surface area contributed by atoms with Crippen molar-refractivity contribution < 1.29 is 23.0 Å². The van der Waals surface area contributed by atoms with E-state index in [-0.39, 0.29) is 18.3 Å². The highest BCUT2D eigenvalue weighted by Gasteiger charge is 2.35. The van der Waals surface area contributed by atoms with E-state index in [1.165, 1.54) is 7.11 Å². The summed E-state index contributed by atoms with van der Waals surface area (Å²) >= 11 is 0.384. The van der Waals surface area contributed by atoms with Crippen LogP contribution in [0.25, 0.3) is 0 Å². The summed E-state index contributed by atoms with van der Waals surface area (Å²) in [6, 6.07) is -0.501. The molecule has 0 bridgehead atoms. The zero-order valence-corrected chi connectivity index (χ0v) is 9.10. The van der Waals surface area contributed by atoms with E-state index < -0.39 is 17.2 Å². The summed E-state index contributed by atoms with van der Waals surface area (Å²) in [5.41, 5.74) is 0. The summed E-state index contributed by atoms with van der Waals surface area (Å²) in [6.45, 7) is -0.105. The maximum atomic E-state index is 12.2. The lowest BCUT2D eigenvalue weighted by Gasteiger charge is -2.13. The van der Waals surface area contributed by atoms with Gasteiger partial charge in [-0.15, -0.1) is 10.2 Å². The van der Waals surface area contributed by atoms with Gasteiger partial charge < -0.3 is 15.2 Å². The number of alkyl halides is 3. The van der Waals surface area contributed by atoms with Crippen molar-refractivity contribution in [2.45, 2.75) is 12.2 Å². The molecule has 1 aromatic rings. The highest BCUT2D eigenvalue weighted by molar-refractivity contribution is 7.15. The normalized spacial score (nSPS) is 13.8. The van der Waals surface area contributed by atoms with Gasteiger partial charge in [0.05, 0.1) is 19.3 Å². The van der Waals surface area contributed by atoms with Crippen LogP contribution in [-0.4, -0.2) is 41.7 Å². The SMILES string of the molecule is COCC(CO)Nc1nnc(C(F)(F)F)s1. The minimum absolute atomic E-state index is 0.00317. The molecule has 1 unspecified atom stereocenters. The second-order valence-corrected chi connectivity index (χ2v) is 3.87. The van der Waals surface area contributed by atoms with E-state index >= 15 is 0 Å². The molecule has 0 aliphatic heterocycles. The number of ether oxygens (including phenoxy) is 1. The molecule has 0 aromatic carbocycles. The van der Waals surface area contributed by atoms with Crippen LogP contribution in [0, 0.1) is 0 Å². The zero-order valence-electron chi connectivity index (χ0n) is 8.28. The topological polar surface area (TPSA) is 67.3 Å². The van der Waals surface area contributed by atoms with Gasteiger partial charge in [0.15, 0.2) is 0 Å². The maximum absolute atomic E-state index is 12.2. The smallest absolute Gasteiger partial charge is 0.394 e. The molecule has 0 radical (unpaired) electrons. The number of aliphatic hydroxyl groups excluding tert-OH is 1. The van der Waals surface area contributed by atoms with Crippen LogP contribution in [0.4, 0.5) is 18.3 Å². The standard InChI is InChI=1S/C7H10F3N3O2S/c1-15-3-4(2-14)11-6-13-12-5(16-6)7(8,9)10/h4,14H,2-3H2,1H3,(H,11,13). The minimum atomic E-state index is -4.49. The number of halogens is 3. The van der Waals surface area contributed by atoms with Gasteiger partial charge in [-0.05, 0) is 0 Å². The fourth-order valence-corrected chi connectivity index (χ4v) is 1.60. The Hall–Kier alpha value is -0.930.